The zero-order valence-corrected chi connectivity index (χ0v) is 18.7. The maximum atomic E-state index is 10.8. The van der Waals surface area contributed by atoms with Gasteiger partial charge in [-0.05, 0) is 38.3 Å². The highest BCUT2D eigenvalue weighted by atomic mass is 35.5. The number of nitrogens with zero attached hydrogens (tertiary/aromatic N) is 3. The maximum Gasteiger partial charge on any atom is 0.191 e. The van der Waals surface area contributed by atoms with Crippen LogP contribution < -0.4 is 10.6 Å². The topological polar surface area (TPSA) is 83.7 Å². The van der Waals surface area contributed by atoms with Gasteiger partial charge < -0.3 is 20.5 Å². The molecule has 2 aromatic rings. The largest absolute Gasteiger partial charge is 0.383 e. The number of aryl methyl sites for hydroxylation is 1. The van der Waals surface area contributed by atoms with Crippen LogP contribution in [0.25, 0.3) is 0 Å². The van der Waals surface area contributed by atoms with Crippen molar-refractivity contribution >= 4 is 17.6 Å². The molecule has 1 aromatic heterocycles. The molecule has 2 heterocycles. The first-order chi connectivity index (χ1) is 14.4. The van der Waals surface area contributed by atoms with Gasteiger partial charge in [0.05, 0.1) is 12.7 Å². The Kier molecular flexibility index (Phi) is 7.39. The molecule has 0 aliphatic carbocycles. The zero-order chi connectivity index (χ0) is 21.6. The Morgan fingerprint density at radius 3 is 2.70 bits per heavy atom. The molecule has 0 radical (unpaired) electrons. The summed E-state index contributed by atoms with van der Waals surface area (Å²) in [5.41, 5.74) is 0.649. The van der Waals surface area contributed by atoms with Crippen LogP contribution in [0.15, 0.2) is 41.7 Å². The summed E-state index contributed by atoms with van der Waals surface area (Å²) in [5, 5.41) is 22.5. The third-order valence-electron chi connectivity index (χ3n) is 5.71. The van der Waals surface area contributed by atoms with Crippen LogP contribution in [0.1, 0.15) is 37.8 Å². The van der Waals surface area contributed by atoms with E-state index >= 15 is 0 Å². The quantitative estimate of drug-likeness (QED) is 0.461. The van der Waals surface area contributed by atoms with Crippen molar-refractivity contribution in [2.24, 2.45) is 12.0 Å². The summed E-state index contributed by atoms with van der Waals surface area (Å²) in [6, 6.07) is 8.03. The highest BCUT2D eigenvalue weighted by Gasteiger charge is 2.36. The number of aromatic nitrogens is 2. The number of nitrogens with one attached hydrogen (secondary N) is 2. The molecule has 1 aromatic carbocycles. The molecule has 0 amide bonds. The van der Waals surface area contributed by atoms with Crippen molar-refractivity contribution in [1.82, 2.24) is 20.4 Å². The third-order valence-corrected chi connectivity index (χ3v) is 6.03. The van der Waals surface area contributed by atoms with Crippen molar-refractivity contribution in [2.45, 2.75) is 37.7 Å². The highest BCUT2D eigenvalue weighted by Crippen LogP contribution is 2.38. The van der Waals surface area contributed by atoms with Gasteiger partial charge in [0.1, 0.15) is 5.60 Å². The molecule has 7 nitrogen and oxygen atoms in total. The summed E-state index contributed by atoms with van der Waals surface area (Å²) in [6.07, 6.45) is 5.25. The fraction of sp³-hybridized carbons (Fsp3) is 0.545. The van der Waals surface area contributed by atoms with Crippen molar-refractivity contribution < 1.29 is 9.84 Å². The second-order valence-corrected chi connectivity index (χ2v) is 8.51. The maximum absolute atomic E-state index is 10.8. The van der Waals surface area contributed by atoms with Crippen LogP contribution in [0, 0.1) is 0 Å². The minimum atomic E-state index is -1.10. The van der Waals surface area contributed by atoms with Crippen LogP contribution >= 0.6 is 11.6 Å². The van der Waals surface area contributed by atoms with Crippen molar-refractivity contribution in [2.75, 3.05) is 32.8 Å². The van der Waals surface area contributed by atoms with Gasteiger partial charge in [-0.1, -0.05) is 29.8 Å². The zero-order valence-electron chi connectivity index (χ0n) is 18.0. The number of aliphatic imine (C=N–C) groups is 1. The van der Waals surface area contributed by atoms with Crippen LogP contribution in [0.4, 0.5) is 0 Å². The van der Waals surface area contributed by atoms with E-state index in [0.717, 1.165) is 35.5 Å². The van der Waals surface area contributed by atoms with Gasteiger partial charge in [0.15, 0.2) is 5.96 Å². The fourth-order valence-corrected chi connectivity index (χ4v) is 4.15. The summed E-state index contributed by atoms with van der Waals surface area (Å²) in [7, 11) is 1.83. The SMILES string of the molecule is CCNC(=NCC(C)(O)c1cnn(C)c1)NCC1(c2ccccc2Cl)CCOCC1. The average molecular weight is 434 g/mol. The number of ether oxygens (including phenoxy) is 1. The van der Waals surface area contributed by atoms with Crippen LogP contribution in [0.3, 0.4) is 0 Å². The molecule has 1 atom stereocenters. The average Bonchev–Trinajstić information content (AvgIpc) is 3.18. The minimum Gasteiger partial charge on any atom is -0.383 e. The molecule has 0 bridgehead atoms. The Labute approximate surface area is 183 Å². The van der Waals surface area contributed by atoms with Gasteiger partial charge in [-0.3, -0.25) is 4.68 Å². The molecule has 8 heteroatoms. The Hall–Kier alpha value is -2.09. The molecule has 1 unspecified atom stereocenters. The normalized spacial score (nSPS) is 18.6. The summed E-state index contributed by atoms with van der Waals surface area (Å²) in [6.45, 7) is 6.81. The number of hydrogen-bond acceptors (Lipinski definition) is 4. The third kappa shape index (κ3) is 5.33. The molecule has 1 aliphatic heterocycles. The lowest BCUT2D eigenvalue weighted by Crippen LogP contribution is -2.48. The predicted octanol–water partition coefficient (Wildman–Crippen LogP) is 2.58. The first kappa shape index (κ1) is 22.6. The van der Waals surface area contributed by atoms with Crippen molar-refractivity contribution in [3.05, 3.63) is 52.8 Å². The van der Waals surface area contributed by atoms with Gasteiger partial charge in [0, 0.05) is 55.5 Å². The van der Waals surface area contributed by atoms with Gasteiger partial charge in [0.25, 0.3) is 0 Å². The molecular weight excluding hydrogens is 402 g/mol. The summed E-state index contributed by atoms with van der Waals surface area (Å²) in [5.74, 6) is 0.666. The molecule has 0 saturated carbocycles. The Balaban J connectivity index is 1.76. The lowest BCUT2D eigenvalue weighted by molar-refractivity contribution is 0.0513. The van der Waals surface area contributed by atoms with E-state index in [1.165, 1.54) is 0 Å². The number of aliphatic hydroxyl groups is 1. The molecule has 1 aliphatic rings. The highest BCUT2D eigenvalue weighted by molar-refractivity contribution is 6.31. The van der Waals surface area contributed by atoms with Crippen molar-refractivity contribution in [3.8, 4) is 0 Å². The molecule has 3 rings (SSSR count). The predicted molar refractivity (Wildman–Crippen MR) is 120 cm³/mol. The van der Waals surface area contributed by atoms with Crippen molar-refractivity contribution in [1.29, 1.82) is 0 Å². The molecular formula is C22H32ClN5O2. The number of guanidine groups is 1. The van der Waals surface area contributed by atoms with Crippen LogP contribution in [-0.4, -0.2) is 53.7 Å². The molecule has 3 N–H and O–H groups in total. The molecule has 1 saturated heterocycles. The lowest BCUT2D eigenvalue weighted by Gasteiger charge is -2.39. The Morgan fingerprint density at radius 2 is 2.07 bits per heavy atom. The monoisotopic (exact) mass is 433 g/mol. The standard InChI is InChI=1S/C22H32ClN5O2/c1-4-24-20(25-15-21(2,29)17-13-27-28(3)14-17)26-16-22(9-11-30-12-10-22)18-7-5-6-8-19(18)23/h5-8,13-14,29H,4,9-12,15-16H2,1-3H3,(H2,24,25,26). The Bertz CT molecular complexity index is 859. The number of halogens is 1. The van der Waals surface area contributed by atoms with E-state index in [0.29, 0.717) is 25.7 Å². The summed E-state index contributed by atoms with van der Waals surface area (Å²) >= 11 is 6.56. The summed E-state index contributed by atoms with van der Waals surface area (Å²) < 4.78 is 7.30. The van der Waals surface area contributed by atoms with Gasteiger partial charge in [0.2, 0.25) is 0 Å². The molecule has 0 spiro atoms. The van der Waals surface area contributed by atoms with E-state index in [2.05, 4.69) is 26.8 Å². The molecule has 1 fully saturated rings. The van der Waals surface area contributed by atoms with E-state index in [-0.39, 0.29) is 12.0 Å². The number of hydrogen-bond donors (Lipinski definition) is 3. The van der Waals surface area contributed by atoms with Crippen LogP contribution in [-0.2, 0) is 22.8 Å². The van der Waals surface area contributed by atoms with E-state index in [4.69, 9.17) is 16.3 Å². The van der Waals surface area contributed by atoms with E-state index < -0.39 is 5.60 Å². The Morgan fingerprint density at radius 1 is 1.33 bits per heavy atom. The van der Waals surface area contributed by atoms with Crippen LogP contribution in [0.2, 0.25) is 5.02 Å². The van der Waals surface area contributed by atoms with E-state index in [1.54, 1.807) is 17.8 Å². The molecule has 30 heavy (non-hydrogen) atoms. The van der Waals surface area contributed by atoms with Gasteiger partial charge in [-0.25, -0.2) is 4.99 Å². The van der Waals surface area contributed by atoms with Crippen LogP contribution in [0.5, 0.6) is 0 Å². The number of rotatable bonds is 7. The molecule has 164 valence electrons. The van der Waals surface area contributed by atoms with Gasteiger partial charge in [-0.2, -0.15) is 5.10 Å². The minimum absolute atomic E-state index is 0.126. The first-order valence-corrected chi connectivity index (χ1v) is 10.8. The second kappa shape index (κ2) is 9.81. The first-order valence-electron chi connectivity index (χ1n) is 10.4. The van der Waals surface area contributed by atoms with Gasteiger partial charge >= 0.3 is 0 Å². The second-order valence-electron chi connectivity index (χ2n) is 8.10. The lowest BCUT2D eigenvalue weighted by atomic mass is 9.74. The number of benzene rings is 1. The summed E-state index contributed by atoms with van der Waals surface area (Å²) in [4.78, 5) is 4.65. The van der Waals surface area contributed by atoms with Gasteiger partial charge in [-0.15, -0.1) is 0 Å². The van der Waals surface area contributed by atoms with Crippen molar-refractivity contribution in [3.63, 3.8) is 0 Å². The smallest absolute Gasteiger partial charge is 0.191 e. The van der Waals surface area contributed by atoms with E-state index in [1.807, 2.05) is 38.4 Å². The van der Waals surface area contributed by atoms with E-state index in [9.17, 15) is 5.11 Å². The fourth-order valence-electron chi connectivity index (χ4n) is 3.81.